The summed E-state index contributed by atoms with van der Waals surface area (Å²) in [5.74, 6) is -0.549. The molecule has 0 spiro atoms. The molecule has 0 unspecified atom stereocenters. The standard InChI is InChI=1S/C9H6FNO/c10-9-2-1-7(3-4-12)5-8(9)6-11/h1-2,4-5H,3H2. The summed E-state index contributed by atoms with van der Waals surface area (Å²) in [5, 5.41) is 8.43. The molecule has 12 heavy (non-hydrogen) atoms. The van der Waals surface area contributed by atoms with Crippen molar-refractivity contribution in [1.82, 2.24) is 0 Å². The molecular weight excluding hydrogens is 157 g/mol. The number of carbonyl (C=O) groups is 1. The number of hydrogen-bond acceptors (Lipinski definition) is 2. The van der Waals surface area contributed by atoms with Gasteiger partial charge in [-0.1, -0.05) is 6.07 Å². The number of carbonyl (C=O) groups excluding carboxylic acids is 1. The minimum Gasteiger partial charge on any atom is -0.303 e. The number of hydrogen-bond donors (Lipinski definition) is 0. The van der Waals surface area contributed by atoms with Crippen molar-refractivity contribution >= 4 is 6.29 Å². The summed E-state index contributed by atoms with van der Waals surface area (Å²) in [6.45, 7) is 0. The Morgan fingerprint density at radius 3 is 2.92 bits per heavy atom. The zero-order chi connectivity index (χ0) is 8.97. The minimum absolute atomic E-state index is 0.0191. The van der Waals surface area contributed by atoms with Gasteiger partial charge in [0, 0.05) is 6.42 Å². The van der Waals surface area contributed by atoms with E-state index in [0.717, 1.165) is 0 Å². The smallest absolute Gasteiger partial charge is 0.140 e. The maximum absolute atomic E-state index is 12.7. The molecule has 0 bridgehead atoms. The van der Waals surface area contributed by atoms with Crippen LogP contribution < -0.4 is 0 Å². The Hall–Kier alpha value is -1.69. The van der Waals surface area contributed by atoms with Crippen LogP contribution in [0.3, 0.4) is 0 Å². The Balaban J connectivity index is 3.07. The van der Waals surface area contributed by atoms with E-state index in [1.165, 1.54) is 18.2 Å². The van der Waals surface area contributed by atoms with Crippen molar-refractivity contribution in [2.24, 2.45) is 0 Å². The van der Waals surface area contributed by atoms with Crippen molar-refractivity contribution in [3.05, 3.63) is 35.1 Å². The largest absolute Gasteiger partial charge is 0.303 e. The molecule has 0 aromatic heterocycles. The van der Waals surface area contributed by atoms with Crippen LogP contribution in [0.5, 0.6) is 0 Å². The molecule has 1 aromatic rings. The fourth-order valence-corrected chi connectivity index (χ4v) is 0.881. The average Bonchev–Trinajstić information content (AvgIpc) is 2.09. The summed E-state index contributed by atoms with van der Waals surface area (Å²) in [7, 11) is 0. The average molecular weight is 163 g/mol. The van der Waals surface area contributed by atoms with Crippen LogP contribution in [0, 0.1) is 17.1 Å². The third-order valence-corrected chi connectivity index (χ3v) is 1.47. The van der Waals surface area contributed by atoms with Crippen LogP contribution >= 0.6 is 0 Å². The molecule has 0 N–H and O–H groups in total. The predicted molar refractivity (Wildman–Crippen MR) is 40.9 cm³/mol. The summed E-state index contributed by atoms with van der Waals surface area (Å²) in [5.41, 5.74) is 0.636. The Morgan fingerprint density at radius 2 is 2.33 bits per heavy atom. The number of nitriles is 1. The van der Waals surface area contributed by atoms with Gasteiger partial charge >= 0.3 is 0 Å². The summed E-state index contributed by atoms with van der Waals surface area (Å²) >= 11 is 0. The highest BCUT2D eigenvalue weighted by Gasteiger charge is 2.01. The van der Waals surface area contributed by atoms with Gasteiger partial charge in [0.15, 0.2) is 0 Å². The molecule has 0 aliphatic carbocycles. The van der Waals surface area contributed by atoms with Gasteiger partial charge in [0.1, 0.15) is 18.2 Å². The summed E-state index contributed by atoms with van der Waals surface area (Å²) in [6, 6.07) is 5.76. The first kappa shape index (κ1) is 8.41. The summed E-state index contributed by atoms with van der Waals surface area (Å²) in [4.78, 5) is 10.1. The first-order chi connectivity index (χ1) is 5.77. The quantitative estimate of drug-likeness (QED) is 0.619. The normalized spacial score (nSPS) is 9.00. The highest BCUT2D eigenvalue weighted by molar-refractivity contribution is 5.55. The molecule has 1 rings (SSSR count). The Bertz CT molecular complexity index is 341. The lowest BCUT2D eigenvalue weighted by Crippen LogP contribution is -1.89. The molecule has 1 aromatic carbocycles. The highest BCUT2D eigenvalue weighted by atomic mass is 19.1. The second-order valence-corrected chi connectivity index (χ2v) is 2.30. The zero-order valence-corrected chi connectivity index (χ0v) is 6.25. The van der Waals surface area contributed by atoms with Crippen molar-refractivity contribution in [3.8, 4) is 6.07 Å². The van der Waals surface area contributed by atoms with E-state index in [0.29, 0.717) is 11.8 Å². The van der Waals surface area contributed by atoms with Crippen molar-refractivity contribution in [3.63, 3.8) is 0 Å². The predicted octanol–water partition coefficient (Wildman–Crippen LogP) is 1.44. The first-order valence-corrected chi connectivity index (χ1v) is 3.40. The molecule has 0 amide bonds. The van der Waals surface area contributed by atoms with Gasteiger partial charge in [0.25, 0.3) is 0 Å². The lowest BCUT2D eigenvalue weighted by Gasteiger charge is -1.96. The van der Waals surface area contributed by atoms with Crippen LogP contribution in [0.15, 0.2) is 18.2 Å². The second kappa shape index (κ2) is 3.63. The van der Waals surface area contributed by atoms with E-state index < -0.39 is 5.82 Å². The van der Waals surface area contributed by atoms with Crippen LogP contribution in [0.25, 0.3) is 0 Å². The fraction of sp³-hybridized carbons (Fsp3) is 0.111. The number of aldehydes is 1. The number of halogens is 1. The van der Waals surface area contributed by atoms with Gasteiger partial charge < -0.3 is 4.79 Å². The monoisotopic (exact) mass is 163 g/mol. The van der Waals surface area contributed by atoms with Crippen LogP contribution in [-0.4, -0.2) is 6.29 Å². The molecule has 0 saturated heterocycles. The maximum atomic E-state index is 12.7. The molecule has 3 heteroatoms. The van der Waals surface area contributed by atoms with Crippen molar-refractivity contribution in [1.29, 1.82) is 5.26 Å². The first-order valence-electron chi connectivity index (χ1n) is 3.40. The Kier molecular flexibility index (Phi) is 2.54. The van der Waals surface area contributed by atoms with E-state index in [2.05, 4.69) is 0 Å². The third-order valence-electron chi connectivity index (χ3n) is 1.47. The van der Waals surface area contributed by atoms with Gasteiger partial charge in [-0.15, -0.1) is 0 Å². The van der Waals surface area contributed by atoms with Crippen LogP contribution in [0.2, 0.25) is 0 Å². The summed E-state index contributed by atoms with van der Waals surface area (Å²) in [6.07, 6.45) is 0.934. The molecule has 2 nitrogen and oxygen atoms in total. The lowest BCUT2D eigenvalue weighted by molar-refractivity contribution is -0.107. The van der Waals surface area contributed by atoms with Gasteiger partial charge in [-0.2, -0.15) is 5.26 Å². The molecule has 0 fully saturated rings. The molecule has 0 saturated carbocycles. The molecule has 0 aliphatic heterocycles. The molecule has 0 heterocycles. The van der Waals surface area contributed by atoms with E-state index in [4.69, 9.17) is 5.26 Å². The molecule has 0 atom stereocenters. The van der Waals surface area contributed by atoms with Gasteiger partial charge in [-0.05, 0) is 17.7 Å². The SMILES string of the molecule is N#Cc1cc(CC=O)ccc1F. The lowest BCUT2D eigenvalue weighted by atomic mass is 10.1. The van der Waals surface area contributed by atoms with Gasteiger partial charge in [0.2, 0.25) is 0 Å². The van der Waals surface area contributed by atoms with Gasteiger partial charge in [-0.3, -0.25) is 0 Å². The second-order valence-electron chi connectivity index (χ2n) is 2.30. The molecule has 60 valence electrons. The van der Waals surface area contributed by atoms with E-state index in [-0.39, 0.29) is 12.0 Å². The number of rotatable bonds is 2. The highest BCUT2D eigenvalue weighted by Crippen LogP contribution is 2.09. The minimum atomic E-state index is -0.549. The molecule has 0 aliphatic rings. The van der Waals surface area contributed by atoms with Gasteiger partial charge in [-0.25, -0.2) is 4.39 Å². The van der Waals surface area contributed by atoms with E-state index >= 15 is 0 Å². The number of benzene rings is 1. The van der Waals surface area contributed by atoms with Crippen LogP contribution in [0.1, 0.15) is 11.1 Å². The van der Waals surface area contributed by atoms with Gasteiger partial charge in [0.05, 0.1) is 5.56 Å². The Morgan fingerprint density at radius 1 is 1.58 bits per heavy atom. The van der Waals surface area contributed by atoms with Crippen molar-refractivity contribution in [2.45, 2.75) is 6.42 Å². The zero-order valence-electron chi connectivity index (χ0n) is 6.25. The van der Waals surface area contributed by atoms with E-state index in [9.17, 15) is 9.18 Å². The van der Waals surface area contributed by atoms with Crippen LogP contribution in [-0.2, 0) is 11.2 Å². The van der Waals surface area contributed by atoms with E-state index in [1.807, 2.05) is 0 Å². The Labute approximate surface area is 69.2 Å². The fourth-order valence-electron chi connectivity index (χ4n) is 0.881. The molecule has 0 radical (unpaired) electrons. The third kappa shape index (κ3) is 1.67. The van der Waals surface area contributed by atoms with E-state index in [1.54, 1.807) is 6.07 Å². The van der Waals surface area contributed by atoms with Crippen LogP contribution in [0.4, 0.5) is 4.39 Å². The van der Waals surface area contributed by atoms with Crippen molar-refractivity contribution < 1.29 is 9.18 Å². The summed E-state index contributed by atoms with van der Waals surface area (Å²) < 4.78 is 12.7. The molecular formula is C9H6FNO. The maximum Gasteiger partial charge on any atom is 0.140 e. The topological polar surface area (TPSA) is 40.9 Å². The van der Waals surface area contributed by atoms with Crippen molar-refractivity contribution in [2.75, 3.05) is 0 Å². The number of nitrogens with zero attached hydrogens (tertiary/aromatic N) is 1.